The SMILES string of the molecule is N#C/C(=C/Nc1ccccc1Sc1ccccc1)C(=O)Nc1ccccc1[N+](=O)[O-]. The van der Waals surface area contributed by atoms with Gasteiger partial charge in [-0.2, -0.15) is 5.26 Å². The maximum absolute atomic E-state index is 12.4. The number of nitrogens with zero attached hydrogens (tertiary/aromatic N) is 2. The molecule has 0 heterocycles. The summed E-state index contributed by atoms with van der Waals surface area (Å²) >= 11 is 1.54. The van der Waals surface area contributed by atoms with Crippen LogP contribution in [0.5, 0.6) is 0 Å². The summed E-state index contributed by atoms with van der Waals surface area (Å²) in [6, 6.07) is 24.8. The number of nitrogens with one attached hydrogen (secondary N) is 2. The van der Waals surface area contributed by atoms with Gasteiger partial charge < -0.3 is 10.6 Å². The fourth-order valence-corrected chi connectivity index (χ4v) is 3.45. The molecule has 0 spiro atoms. The van der Waals surface area contributed by atoms with Crippen LogP contribution in [0.1, 0.15) is 0 Å². The zero-order chi connectivity index (χ0) is 21.3. The normalized spacial score (nSPS) is 10.7. The molecule has 3 aromatic carbocycles. The average molecular weight is 416 g/mol. The minimum Gasteiger partial charge on any atom is -0.359 e. The predicted molar refractivity (Wildman–Crippen MR) is 116 cm³/mol. The van der Waals surface area contributed by atoms with Crippen molar-refractivity contribution in [1.29, 1.82) is 5.26 Å². The lowest BCUT2D eigenvalue weighted by Crippen LogP contribution is -2.15. The molecule has 0 aliphatic rings. The summed E-state index contributed by atoms with van der Waals surface area (Å²) in [5.41, 5.74) is 0.277. The van der Waals surface area contributed by atoms with Crippen molar-refractivity contribution in [2.45, 2.75) is 9.79 Å². The molecular weight excluding hydrogens is 400 g/mol. The molecule has 0 aliphatic carbocycles. The Morgan fingerprint density at radius 3 is 2.30 bits per heavy atom. The molecule has 3 rings (SSSR count). The van der Waals surface area contributed by atoms with E-state index in [9.17, 15) is 20.2 Å². The number of amides is 1. The monoisotopic (exact) mass is 416 g/mol. The van der Waals surface area contributed by atoms with Crippen LogP contribution in [0.3, 0.4) is 0 Å². The molecule has 8 heteroatoms. The molecule has 0 atom stereocenters. The maximum atomic E-state index is 12.4. The van der Waals surface area contributed by atoms with E-state index in [0.717, 1.165) is 15.5 Å². The van der Waals surface area contributed by atoms with Crippen LogP contribution in [0.2, 0.25) is 0 Å². The van der Waals surface area contributed by atoms with Crippen molar-refractivity contribution in [1.82, 2.24) is 0 Å². The van der Waals surface area contributed by atoms with Gasteiger partial charge in [-0.1, -0.05) is 54.2 Å². The lowest BCUT2D eigenvalue weighted by Gasteiger charge is -2.10. The van der Waals surface area contributed by atoms with Crippen molar-refractivity contribution in [2.75, 3.05) is 10.6 Å². The molecule has 0 radical (unpaired) electrons. The van der Waals surface area contributed by atoms with Gasteiger partial charge in [0, 0.05) is 22.1 Å². The smallest absolute Gasteiger partial charge is 0.292 e. The van der Waals surface area contributed by atoms with E-state index < -0.39 is 10.8 Å². The molecular formula is C22H16N4O3S. The summed E-state index contributed by atoms with van der Waals surface area (Å²) in [6.45, 7) is 0. The Kier molecular flexibility index (Phi) is 6.82. The van der Waals surface area contributed by atoms with E-state index in [1.54, 1.807) is 6.07 Å². The molecule has 0 aromatic heterocycles. The fourth-order valence-electron chi connectivity index (χ4n) is 2.52. The molecule has 0 bridgehead atoms. The molecule has 0 aliphatic heterocycles. The van der Waals surface area contributed by atoms with Crippen LogP contribution in [0.15, 0.2) is 100 Å². The number of benzene rings is 3. The largest absolute Gasteiger partial charge is 0.359 e. The van der Waals surface area contributed by atoms with Crippen LogP contribution in [0, 0.1) is 21.4 Å². The van der Waals surface area contributed by atoms with Crippen molar-refractivity contribution < 1.29 is 9.72 Å². The summed E-state index contributed by atoms with van der Waals surface area (Å²) in [6.07, 6.45) is 1.29. The molecule has 1 amide bonds. The third kappa shape index (κ3) is 5.25. The molecule has 0 fully saturated rings. The van der Waals surface area contributed by atoms with Gasteiger partial charge in [-0.25, -0.2) is 0 Å². The van der Waals surface area contributed by atoms with Gasteiger partial charge in [0.05, 0.1) is 10.6 Å². The topological polar surface area (TPSA) is 108 Å². The highest BCUT2D eigenvalue weighted by Crippen LogP contribution is 2.33. The Hall–Kier alpha value is -4.09. The summed E-state index contributed by atoms with van der Waals surface area (Å²) < 4.78 is 0. The molecule has 0 saturated carbocycles. The number of nitro benzene ring substituents is 1. The number of anilines is 2. The van der Waals surface area contributed by atoms with E-state index in [-0.39, 0.29) is 16.9 Å². The van der Waals surface area contributed by atoms with Gasteiger partial charge in [0.1, 0.15) is 17.3 Å². The van der Waals surface area contributed by atoms with Gasteiger partial charge in [-0.3, -0.25) is 14.9 Å². The molecule has 30 heavy (non-hydrogen) atoms. The Morgan fingerprint density at radius 1 is 0.967 bits per heavy atom. The summed E-state index contributed by atoms with van der Waals surface area (Å²) in [5, 5.41) is 25.9. The molecule has 0 unspecified atom stereocenters. The third-order valence-electron chi connectivity index (χ3n) is 3.94. The number of nitro groups is 1. The second-order valence-corrected chi connectivity index (χ2v) is 7.07. The van der Waals surface area contributed by atoms with Gasteiger partial charge in [0.2, 0.25) is 0 Å². The van der Waals surface area contributed by atoms with Crippen molar-refractivity contribution in [3.63, 3.8) is 0 Å². The summed E-state index contributed by atoms with van der Waals surface area (Å²) in [7, 11) is 0. The highest BCUT2D eigenvalue weighted by molar-refractivity contribution is 7.99. The Bertz CT molecular complexity index is 1140. The van der Waals surface area contributed by atoms with Crippen molar-refractivity contribution in [3.8, 4) is 6.07 Å². The van der Waals surface area contributed by atoms with Gasteiger partial charge in [0.25, 0.3) is 11.6 Å². The first-order valence-electron chi connectivity index (χ1n) is 8.82. The molecule has 7 nitrogen and oxygen atoms in total. The first-order chi connectivity index (χ1) is 14.6. The Labute approximate surface area is 177 Å². The average Bonchev–Trinajstić information content (AvgIpc) is 2.76. The second kappa shape index (κ2) is 9.91. The van der Waals surface area contributed by atoms with E-state index >= 15 is 0 Å². The van der Waals surface area contributed by atoms with Crippen molar-refractivity contribution in [2.24, 2.45) is 0 Å². The van der Waals surface area contributed by atoms with Crippen molar-refractivity contribution >= 4 is 34.7 Å². The van der Waals surface area contributed by atoms with E-state index in [1.807, 2.05) is 60.7 Å². The standard InChI is InChI=1S/C22H16N4O3S/c23-14-16(22(27)25-18-10-4-6-12-20(18)26(28)29)15-24-19-11-5-7-13-21(19)30-17-8-2-1-3-9-17/h1-13,15,24H,(H,25,27)/b16-15-. The number of nitriles is 1. The van der Waals surface area contributed by atoms with Crippen LogP contribution in [-0.4, -0.2) is 10.8 Å². The summed E-state index contributed by atoms with van der Waals surface area (Å²) in [5.74, 6) is -0.743. The Balaban J connectivity index is 1.77. The third-order valence-corrected chi connectivity index (χ3v) is 5.03. The highest BCUT2D eigenvalue weighted by atomic mass is 32.2. The minimum absolute atomic E-state index is 0.0219. The van der Waals surface area contributed by atoms with Crippen LogP contribution in [0.4, 0.5) is 17.1 Å². The van der Waals surface area contributed by atoms with E-state index in [4.69, 9.17) is 0 Å². The van der Waals surface area contributed by atoms with E-state index in [1.165, 1.54) is 36.2 Å². The number of rotatable bonds is 7. The van der Waals surface area contributed by atoms with Crippen LogP contribution in [-0.2, 0) is 4.79 Å². The number of para-hydroxylation sites is 3. The van der Waals surface area contributed by atoms with E-state index in [0.29, 0.717) is 0 Å². The van der Waals surface area contributed by atoms with Gasteiger partial charge in [-0.15, -0.1) is 0 Å². The first kappa shape index (κ1) is 20.6. The predicted octanol–water partition coefficient (Wildman–Crippen LogP) is 5.20. The number of hydrogen-bond acceptors (Lipinski definition) is 6. The molecule has 3 aromatic rings. The van der Waals surface area contributed by atoms with Crippen molar-refractivity contribution in [3.05, 3.63) is 101 Å². The zero-order valence-electron chi connectivity index (χ0n) is 15.6. The van der Waals surface area contributed by atoms with Crippen LogP contribution in [0.25, 0.3) is 0 Å². The molecule has 2 N–H and O–H groups in total. The summed E-state index contributed by atoms with van der Waals surface area (Å²) in [4.78, 5) is 24.9. The first-order valence-corrected chi connectivity index (χ1v) is 9.63. The van der Waals surface area contributed by atoms with Crippen LogP contribution < -0.4 is 10.6 Å². The zero-order valence-corrected chi connectivity index (χ0v) is 16.4. The van der Waals surface area contributed by atoms with E-state index in [2.05, 4.69) is 10.6 Å². The molecule has 148 valence electrons. The van der Waals surface area contributed by atoms with Gasteiger partial charge in [0.15, 0.2) is 0 Å². The molecule has 0 saturated heterocycles. The lowest BCUT2D eigenvalue weighted by atomic mass is 10.2. The second-order valence-electron chi connectivity index (χ2n) is 5.95. The fraction of sp³-hybridized carbons (Fsp3) is 0. The Morgan fingerprint density at radius 2 is 1.60 bits per heavy atom. The van der Waals surface area contributed by atoms with Crippen LogP contribution >= 0.6 is 11.8 Å². The van der Waals surface area contributed by atoms with Gasteiger partial charge in [-0.05, 0) is 30.3 Å². The minimum atomic E-state index is -0.743. The number of carbonyl (C=O) groups is 1. The lowest BCUT2D eigenvalue weighted by molar-refractivity contribution is -0.383. The maximum Gasteiger partial charge on any atom is 0.292 e. The quantitative estimate of drug-likeness (QED) is 0.237. The highest BCUT2D eigenvalue weighted by Gasteiger charge is 2.17. The van der Waals surface area contributed by atoms with Gasteiger partial charge >= 0.3 is 0 Å². The number of carbonyl (C=O) groups excluding carboxylic acids is 1. The number of hydrogen-bond donors (Lipinski definition) is 2.